The second-order valence-corrected chi connectivity index (χ2v) is 10.3. The van der Waals surface area contributed by atoms with Crippen molar-refractivity contribution in [3.8, 4) is 0 Å². The van der Waals surface area contributed by atoms with Crippen LogP contribution in [0.2, 0.25) is 6.32 Å². The summed E-state index contributed by atoms with van der Waals surface area (Å²) in [6, 6.07) is 0.162. The van der Waals surface area contributed by atoms with Gasteiger partial charge in [-0.25, -0.2) is 0 Å². The van der Waals surface area contributed by atoms with Crippen LogP contribution in [0.4, 0.5) is 0 Å². The maximum Gasteiger partial charge on any atom is 0.451 e. The average Bonchev–Trinajstić information content (AvgIpc) is 3.10. The van der Waals surface area contributed by atoms with E-state index in [1.165, 1.54) is 0 Å². The second kappa shape index (κ2) is 8.02. The SMILES string of the molecule is C[C@]1(N)CN(S(=O)(=O)N(C2CCC2)[C@@H]2CCNC2)C[C@@H]1CCCB(O)O. The molecule has 0 amide bonds. The summed E-state index contributed by atoms with van der Waals surface area (Å²) >= 11 is 0. The highest BCUT2D eigenvalue weighted by atomic mass is 32.2. The minimum absolute atomic E-state index is 0.0287. The van der Waals surface area contributed by atoms with Gasteiger partial charge in [-0.1, -0.05) is 12.8 Å². The Hall–Kier alpha value is -0.225. The molecule has 0 radical (unpaired) electrons. The van der Waals surface area contributed by atoms with Crippen LogP contribution in [0.1, 0.15) is 45.4 Å². The molecule has 2 aliphatic heterocycles. The molecule has 5 N–H and O–H groups in total. The zero-order chi connectivity index (χ0) is 18.9. The van der Waals surface area contributed by atoms with Gasteiger partial charge in [-0.3, -0.25) is 0 Å². The van der Waals surface area contributed by atoms with E-state index >= 15 is 0 Å². The average molecular weight is 388 g/mol. The molecule has 2 heterocycles. The largest absolute Gasteiger partial charge is 0.451 e. The highest BCUT2D eigenvalue weighted by molar-refractivity contribution is 7.86. The third kappa shape index (κ3) is 4.26. The molecule has 0 aromatic heterocycles. The van der Waals surface area contributed by atoms with Gasteiger partial charge < -0.3 is 21.1 Å². The van der Waals surface area contributed by atoms with Crippen LogP contribution in [-0.2, 0) is 10.2 Å². The predicted octanol–water partition coefficient (Wildman–Crippen LogP) is -0.650. The van der Waals surface area contributed by atoms with Gasteiger partial charge in [-0.15, -0.1) is 0 Å². The summed E-state index contributed by atoms with van der Waals surface area (Å²) in [4.78, 5) is 0. The van der Waals surface area contributed by atoms with Crippen LogP contribution in [0, 0.1) is 5.92 Å². The summed E-state index contributed by atoms with van der Waals surface area (Å²) in [6.07, 6.45) is 5.47. The Balaban J connectivity index is 1.71. The van der Waals surface area contributed by atoms with Crippen LogP contribution in [-0.4, -0.2) is 78.0 Å². The Labute approximate surface area is 157 Å². The molecule has 26 heavy (non-hydrogen) atoms. The fourth-order valence-corrected chi connectivity index (χ4v) is 6.70. The van der Waals surface area contributed by atoms with E-state index in [2.05, 4.69) is 5.32 Å². The highest BCUT2D eigenvalue weighted by Crippen LogP contribution is 2.36. The normalized spacial score (nSPS) is 33.7. The fourth-order valence-electron chi connectivity index (χ4n) is 4.48. The number of nitrogens with two attached hydrogens (primary N) is 1. The Morgan fingerprint density at radius 1 is 1.31 bits per heavy atom. The molecule has 0 aromatic rings. The molecule has 0 aromatic carbocycles. The first-order valence-electron chi connectivity index (χ1n) is 9.86. The van der Waals surface area contributed by atoms with E-state index in [1.807, 2.05) is 6.92 Å². The topological polar surface area (TPSA) is 119 Å². The summed E-state index contributed by atoms with van der Waals surface area (Å²) in [7, 11) is -4.86. The quantitative estimate of drug-likeness (QED) is 0.411. The maximum atomic E-state index is 13.5. The molecular formula is C16H33BN4O4S. The lowest BCUT2D eigenvalue weighted by Crippen LogP contribution is -2.56. The molecule has 3 aliphatic rings. The third-order valence-corrected chi connectivity index (χ3v) is 8.37. The summed E-state index contributed by atoms with van der Waals surface area (Å²) in [5.41, 5.74) is 5.85. The van der Waals surface area contributed by atoms with Crippen molar-refractivity contribution in [2.75, 3.05) is 26.2 Å². The molecule has 3 rings (SSSR count). The standard InChI is InChI=1S/C16H33BN4O4S/c1-16(18)12-20(11-13(16)4-3-8-17(22)23)26(24,25)21(14-5-2-6-14)15-7-9-19-10-15/h13-15,19,22-23H,2-12,18H2,1H3/t13-,15+,16-/m0/s1. The molecule has 8 nitrogen and oxygen atoms in total. The van der Waals surface area contributed by atoms with Crippen molar-refractivity contribution in [1.29, 1.82) is 0 Å². The monoisotopic (exact) mass is 388 g/mol. The van der Waals surface area contributed by atoms with Crippen molar-refractivity contribution in [1.82, 2.24) is 13.9 Å². The van der Waals surface area contributed by atoms with Crippen molar-refractivity contribution in [2.24, 2.45) is 11.7 Å². The van der Waals surface area contributed by atoms with Gasteiger partial charge in [0.2, 0.25) is 0 Å². The van der Waals surface area contributed by atoms with Crippen LogP contribution < -0.4 is 11.1 Å². The minimum Gasteiger partial charge on any atom is -0.427 e. The van der Waals surface area contributed by atoms with Crippen LogP contribution >= 0.6 is 0 Å². The van der Waals surface area contributed by atoms with Crippen molar-refractivity contribution >= 4 is 17.3 Å². The van der Waals surface area contributed by atoms with E-state index in [0.29, 0.717) is 32.3 Å². The van der Waals surface area contributed by atoms with Crippen LogP contribution in [0.15, 0.2) is 0 Å². The molecular weight excluding hydrogens is 355 g/mol. The summed E-state index contributed by atoms with van der Waals surface area (Å²) < 4.78 is 30.3. The molecule has 0 unspecified atom stereocenters. The van der Waals surface area contributed by atoms with Gasteiger partial charge in [-0.2, -0.15) is 17.0 Å². The summed E-state index contributed by atoms with van der Waals surface area (Å²) in [6.45, 7) is 4.24. The molecule has 1 saturated carbocycles. The Morgan fingerprint density at radius 3 is 2.58 bits per heavy atom. The first-order chi connectivity index (χ1) is 12.2. The molecule has 1 aliphatic carbocycles. The van der Waals surface area contributed by atoms with Crippen molar-refractivity contribution in [3.63, 3.8) is 0 Å². The first-order valence-corrected chi connectivity index (χ1v) is 11.3. The Kier molecular flexibility index (Phi) is 6.33. The van der Waals surface area contributed by atoms with E-state index in [0.717, 1.165) is 38.8 Å². The van der Waals surface area contributed by atoms with Crippen molar-refractivity contribution in [3.05, 3.63) is 0 Å². The molecule has 3 atom stereocenters. The van der Waals surface area contributed by atoms with E-state index in [1.54, 1.807) is 8.61 Å². The lowest BCUT2D eigenvalue weighted by molar-refractivity contribution is 0.169. The predicted molar refractivity (Wildman–Crippen MR) is 102 cm³/mol. The molecule has 0 bridgehead atoms. The summed E-state index contributed by atoms with van der Waals surface area (Å²) in [5.74, 6) is 0.0287. The van der Waals surface area contributed by atoms with Gasteiger partial charge in [0.25, 0.3) is 10.2 Å². The van der Waals surface area contributed by atoms with Crippen LogP contribution in [0.25, 0.3) is 0 Å². The Morgan fingerprint density at radius 2 is 2.04 bits per heavy atom. The van der Waals surface area contributed by atoms with Gasteiger partial charge in [0, 0.05) is 37.3 Å². The third-order valence-electron chi connectivity index (χ3n) is 6.31. The minimum atomic E-state index is -3.54. The fraction of sp³-hybridized carbons (Fsp3) is 1.00. The molecule has 0 spiro atoms. The van der Waals surface area contributed by atoms with E-state index in [-0.39, 0.29) is 18.0 Å². The van der Waals surface area contributed by atoms with Gasteiger partial charge in [0.1, 0.15) is 0 Å². The summed E-state index contributed by atoms with van der Waals surface area (Å²) in [5, 5.41) is 21.3. The number of nitrogens with one attached hydrogen (secondary N) is 1. The lowest BCUT2D eigenvalue weighted by Gasteiger charge is -2.41. The molecule has 2 saturated heterocycles. The van der Waals surface area contributed by atoms with Crippen LogP contribution in [0.5, 0.6) is 0 Å². The number of nitrogens with zero attached hydrogens (tertiary/aromatic N) is 2. The number of hydrogen-bond donors (Lipinski definition) is 4. The lowest BCUT2D eigenvalue weighted by atomic mass is 9.79. The van der Waals surface area contributed by atoms with Gasteiger partial charge in [0.05, 0.1) is 0 Å². The number of rotatable bonds is 8. The van der Waals surface area contributed by atoms with Crippen molar-refractivity contribution in [2.45, 2.75) is 69.4 Å². The van der Waals surface area contributed by atoms with E-state index in [9.17, 15) is 8.42 Å². The van der Waals surface area contributed by atoms with Crippen LogP contribution in [0.3, 0.4) is 0 Å². The zero-order valence-electron chi connectivity index (χ0n) is 15.7. The smallest absolute Gasteiger partial charge is 0.427 e. The number of hydrogen-bond acceptors (Lipinski definition) is 6. The first kappa shape index (κ1) is 20.5. The van der Waals surface area contributed by atoms with Gasteiger partial charge in [0.15, 0.2) is 0 Å². The molecule has 10 heteroatoms. The van der Waals surface area contributed by atoms with Gasteiger partial charge in [-0.05, 0) is 51.4 Å². The van der Waals surface area contributed by atoms with Gasteiger partial charge >= 0.3 is 7.12 Å². The Bertz CT molecular complexity index is 579. The molecule has 150 valence electrons. The van der Waals surface area contributed by atoms with Crippen molar-refractivity contribution < 1.29 is 18.5 Å². The van der Waals surface area contributed by atoms with E-state index < -0.39 is 22.9 Å². The molecule has 3 fully saturated rings. The maximum absolute atomic E-state index is 13.5. The zero-order valence-corrected chi connectivity index (χ0v) is 16.5. The highest BCUT2D eigenvalue weighted by Gasteiger charge is 2.49. The second-order valence-electron chi connectivity index (χ2n) is 8.48. The van der Waals surface area contributed by atoms with E-state index in [4.69, 9.17) is 15.8 Å².